The third-order valence-corrected chi connectivity index (χ3v) is 8.07. The van der Waals surface area contributed by atoms with E-state index in [1.54, 1.807) is 19.1 Å². The highest BCUT2D eigenvalue weighted by atomic mass is 19.4. The molecule has 0 saturated carbocycles. The number of hydrogen-bond donors (Lipinski definition) is 2. The maximum atomic E-state index is 13.6. The number of ether oxygens (including phenoxy) is 1. The third kappa shape index (κ3) is 6.51. The molecule has 2 aliphatic heterocycles. The SMILES string of the molecule is CCN1C(=O)C2C(c3ccc(-c4ccc(C(C)=O)cc4)cc3)N[C@@](Cc3ccccc3)(C(=O)OC)C2C1=O.O=C(O)C(F)(F)F. The summed E-state index contributed by atoms with van der Waals surface area (Å²) >= 11 is 0. The molecular formula is C33H31F3N2O7. The number of halogens is 3. The molecule has 4 atom stereocenters. The zero-order valence-corrected chi connectivity index (χ0v) is 24.6. The summed E-state index contributed by atoms with van der Waals surface area (Å²) in [5, 5.41) is 10.6. The molecule has 0 spiro atoms. The van der Waals surface area contributed by atoms with E-state index in [-0.39, 0.29) is 30.6 Å². The first-order valence-corrected chi connectivity index (χ1v) is 14.0. The van der Waals surface area contributed by atoms with Crippen LogP contribution in [0.2, 0.25) is 0 Å². The topological polar surface area (TPSA) is 130 Å². The quantitative estimate of drug-likeness (QED) is 0.222. The molecule has 2 heterocycles. The van der Waals surface area contributed by atoms with Gasteiger partial charge in [0.2, 0.25) is 11.8 Å². The molecular weight excluding hydrogens is 593 g/mol. The summed E-state index contributed by atoms with van der Waals surface area (Å²) in [5.74, 6) is -5.54. The van der Waals surface area contributed by atoms with Crippen molar-refractivity contribution in [2.45, 2.75) is 38.0 Å². The minimum Gasteiger partial charge on any atom is -0.475 e. The standard InChI is InChI=1S/C31H30N2O5.C2HF3O2/c1-4-33-28(35)25-26(29(33)36)31(30(37)38-3,18-20-8-6-5-7-9-20)32-27(25)24-16-14-23(15-17-24)22-12-10-21(11-13-22)19(2)34;3-2(4,5)1(6)7/h5-17,25-27,32H,4,18H2,1-3H3;(H,6,7)/t25?,26?,27?,31-;/m1./s1. The fourth-order valence-corrected chi connectivity index (χ4v) is 5.96. The maximum Gasteiger partial charge on any atom is 0.490 e. The van der Waals surface area contributed by atoms with Gasteiger partial charge in [-0.3, -0.25) is 29.4 Å². The van der Waals surface area contributed by atoms with Crippen molar-refractivity contribution in [2.24, 2.45) is 11.8 Å². The number of carbonyl (C=O) groups is 5. The van der Waals surface area contributed by atoms with E-state index < -0.39 is 41.5 Å². The summed E-state index contributed by atoms with van der Waals surface area (Å²) in [6.07, 6.45) is -4.87. The first kappa shape index (κ1) is 33.1. The molecule has 3 aromatic rings. The Morgan fingerprint density at radius 1 is 0.911 bits per heavy atom. The fraction of sp³-hybridized carbons (Fsp3) is 0.303. The van der Waals surface area contributed by atoms with Gasteiger partial charge in [0.1, 0.15) is 5.54 Å². The zero-order chi connectivity index (χ0) is 33.1. The van der Waals surface area contributed by atoms with Crippen LogP contribution in [0.3, 0.4) is 0 Å². The Morgan fingerprint density at radius 3 is 1.91 bits per heavy atom. The minimum atomic E-state index is -5.08. The number of fused-ring (bicyclic) bond motifs is 1. The van der Waals surface area contributed by atoms with Crippen molar-refractivity contribution in [1.82, 2.24) is 10.2 Å². The number of nitrogens with zero attached hydrogens (tertiary/aromatic N) is 1. The summed E-state index contributed by atoms with van der Waals surface area (Å²) in [6, 6.07) is 24.0. The van der Waals surface area contributed by atoms with Crippen LogP contribution in [-0.2, 0) is 30.3 Å². The number of carboxylic acid groups (broad SMARTS) is 1. The fourth-order valence-electron chi connectivity index (χ4n) is 5.96. The third-order valence-electron chi connectivity index (χ3n) is 8.07. The largest absolute Gasteiger partial charge is 0.490 e. The molecule has 2 fully saturated rings. The van der Waals surface area contributed by atoms with Gasteiger partial charge in [0.15, 0.2) is 5.78 Å². The van der Waals surface area contributed by atoms with Gasteiger partial charge in [-0.05, 0) is 36.1 Å². The Balaban J connectivity index is 0.000000591. The summed E-state index contributed by atoms with van der Waals surface area (Å²) in [6.45, 7) is 3.55. The molecule has 2 aliphatic rings. The van der Waals surface area contributed by atoms with Crippen molar-refractivity contribution in [3.8, 4) is 11.1 Å². The smallest absolute Gasteiger partial charge is 0.475 e. The van der Waals surface area contributed by atoms with E-state index in [0.717, 1.165) is 22.3 Å². The molecule has 0 aromatic heterocycles. The number of carboxylic acids is 1. The number of imide groups is 1. The number of likely N-dealkylation sites (tertiary alicyclic amines) is 1. The molecule has 45 heavy (non-hydrogen) atoms. The number of hydrogen-bond acceptors (Lipinski definition) is 7. The molecule has 0 aliphatic carbocycles. The number of carbonyl (C=O) groups excluding carboxylic acids is 4. The zero-order valence-electron chi connectivity index (χ0n) is 24.6. The van der Waals surface area contributed by atoms with E-state index in [2.05, 4.69) is 5.32 Å². The average molecular weight is 625 g/mol. The number of Topliss-reactive ketones (excluding diaryl/α,β-unsaturated/α-hetero) is 1. The molecule has 9 nitrogen and oxygen atoms in total. The molecule has 3 aromatic carbocycles. The van der Waals surface area contributed by atoms with Crippen molar-refractivity contribution in [1.29, 1.82) is 0 Å². The minimum absolute atomic E-state index is 0.00949. The van der Waals surface area contributed by atoms with Gasteiger partial charge < -0.3 is 9.84 Å². The van der Waals surface area contributed by atoms with Crippen LogP contribution >= 0.6 is 0 Å². The number of ketones is 1. The van der Waals surface area contributed by atoms with E-state index in [0.29, 0.717) is 5.56 Å². The number of benzene rings is 3. The molecule has 0 bridgehead atoms. The second-order valence-electron chi connectivity index (χ2n) is 10.7. The van der Waals surface area contributed by atoms with Crippen LogP contribution in [0.25, 0.3) is 11.1 Å². The summed E-state index contributed by atoms with van der Waals surface area (Å²) in [7, 11) is 1.31. The first-order valence-electron chi connectivity index (χ1n) is 14.0. The second-order valence-corrected chi connectivity index (χ2v) is 10.7. The number of amides is 2. The lowest BCUT2D eigenvalue weighted by Gasteiger charge is -2.32. The predicted molar refractivity (Wildman–Crippen MR) is 156 cm³/mol. The molecule has 2 N–H and O–H groups in total. The number of esters is 1. The van der Waals surface area contributed by atoms with E-state index in [4.69, 9.17) is 14.6 Å². The van der Waals surface area contributed by atoms with Gasteiger partial charge in [-0.25, -0.2) is 4.79 Å². The van der Waals surface area contributed by atoms with E-state index in [1.807, 2.05) is 66.7 Å². The van der Waals surface area contributed by atoms with E-state index >= 15 is 0 Å². The average Bonchev–Trinajstić information content (AvgIpc) is 3.49. The molecule has 2 amide bonds. The lowest BCUT2D eigenvalue weighted by atomic mass is 9.76. The summed E-state index contributed by atoms with van der Waals surface area (Å²) in [5.41, 5.74) is 2.84. The van der Waals surface area contributed by atoms with Crippen LogP contribution in [0.4, 0.5) is 13.2 Å². The van der Waals surface area contributed by atoms with Crippen LogP contribution in [0, 0.1) is 11.8 Å². The lowest BCUT2D eigenvalue weighted by Crippen LogP contribution is -2.57. The van der Waals surface area contributed by atoms with Crippen molar-refractivity contribution in [2.75, 3.05) is 13.7 Å². The van der Waals surface area contributed by atoms with Crippen LogP contribution in [0.15, 0.2) is 78.9 Å². The number of rotatable bonds is 7. The van der Waals surface area contributed by atoms with Crippen molar-refractivity contribution in [3.05, 3.63) is 95.6 Å². The molecule has 236 valence electrons. The molecule has 0 radical (unpaired) electrons. The van der Waals surface area contributed by atoms with Gasteiger partial charge in [-0.15, -0.1) is 0 Å². The Morgan fingerprint density at radius 2 is 1.44 bits per heavy atom. The monoisotopic (exact) mass is 624 g/mol. The van der Waals surface area contributed by atoms with Crippen LogP contribution in [0.1, 0.15) is 41.4 Å². The van der Waals surface area contributed by atoms with Crippen LogP contribution in [-0.4, -0.2) is 64.9 Å². The van der Waals surface area contributed by atoms with Gasteiger partial charge in [0.25, 0.3) is 0 Å². The van der Waals surface area contributed by atoms with Gasteiger partial charge in [-0.2, -0.15) is 13.2 Å². The number of methoxy groups -OCH3 is 1. The van der Waals surface area contributed by atoms with Gasteiger partial charge >= 0.3 is 18.1 Å². The Kier molecular flexibility index (Phi) is 9.57. The number of aliphatic carboxylic acids is 1. The van der Waals surface area contributed by atoms with E-state index in [1.165, 1.54) is 18.9 Å². The second kappa shape index (κ2) is 13.0. The molecule has 12 heteroatoms. The van der Waals surface area contributed by atoms with Crippen LogP contribution in [0.5, 0.6) is 0 Å². The Hall–Kier alpha value is -4.84. The normalized spacial score (nSPS) is 22.4. The maximum absolute atomic E-state index is 13.6. The van der Waals surface area contributed by atoms with Gasteiger partial charge in [-0.1, -0.05) is 78.9 Å². The lowest BCUT2D eigenvalue weighted by molar-refractivity contribution is -0.192. The van der Waals surface area contributed by atoms with Crippen LogP contribution < -0.4 is 5.32 Å². The molecule has 5 rings (SSSR count). The predicted octanol–water partition coefficient (Wildman–Crippen LogP) is 4.61. The highest BCUT2D eigenvalue weighted by Gasteiger charge is 2.68. The molecule has 3 unspecified atom stereocenters. The molecule has 2 saturated heterocycles. The highest BCUT2D eigenvalue weighted by molar-refractivity contribution is 6.09. The van der Waals surface area contributed by atoms with Crippen molar-refractivity contribution < 1.29 is 47.0 Å². The highest BCUT2D eigenvalue weighted by Crippen LogP contribution is 2.50. The van der Waals surface area contributed by atoms with Crippen molar-refractivity contribution in [3.63, 3.8) is 0 Å². The van der Waals surface area contributed by atoms with Gasteiger partial charge in [0.05, 0.1) is 18.9 Å². The summed E-state index contributed by atoms with van der Waals surface area (Å²) in [4.78, 5) is 62.3. The van der Waals surface area contributed by atoms with Crippen molar-refractivity contribution >= 4 is 29.5 Å². The van der Waals surface area contributed by atoms with Gasteiger partial charge in [0, 0.05) is 24.6 Å². The number of nitrogens with one attached hydrogen (secondary N) is 1. The number of alkyl halides is 3. The Bertz CT molecular complexity index is 1590. The first-order chi connectivity index (χ1) is 21.2. The summed E-state index contributed by atoms with van der Waals surface area (Å²) < 4.78 is 37.0. The van der Waals surface area contributed by atoms with E-state index in [9.17, 15) is 32.3 Å². The Labute approximate surface area is 257 Å².